The Labute approximate surface area is 87.8 Å². The molecule has 0 bridgehead atoms. The van der Waals surface area contributed by atoms with Crippen molar-refractivity contribution < 1.29 is 9.84 Å². The molecule has 3 nitrogen and oxygen atoms in total. The van der Waals surface area contributed by atoms with Gasteiger partial charge in [-0.25, -0.2) is 0 Å². The Balaban J connectivity index is 3.40. The molecule has 0 radical (unpaired) electrons. The molecule has 0 aliphatic rings. The van der Waals surface area contributed by atoms with Crippen molar-refractivity contribution >= 4 is 0 Å². The highest BCUT2D eigenvalue weighted by molar-refractivity contribution is 4.63. The first-order valence-corrected chi connectivity index (χ1v) is 5.30. The van der Waals surface area contributed by atoms with E-state index in [1.165, 1.54) is 0 Å². The minimum Gasteiger partial charge on any atom is -0.389 e. The van der Waals surface area contributed by atoms with Crippen molar-refractivity contribution in [3.63, 3.8) is 0 Å². The van der Waals surface area contributed by atoms with Crippen molar-refractivity contribution in [3.8, 4) is 0 Å². The highest BCUT2D eigenvalue weighted by atomic mass is 16.5. The average Bonchev–Trinajstić information content (AvgIpc) is 1.98. The lowest BCUT2D eigenvalue weighted by Crippen LogP contribution is -2.35. The minimum absolute atomic E-state index is 0.172. The molecule has 0 spiro atoms. The van der Waals surface area contributed by atoms with Crippen LogP contribution in [0.25, 0.3) is 0 Å². The van der Waals surface area contributed by atoms with E-state index in [2.05, 4.69) is 39.9 Å². The summed E-state index contributed by atoms with van der Waals surface area (Å²) in [5.41, 5.74) is 0.172. The second-order valence-electron chi connectivity index (χ2n) is 5.29. The van der Waals surface area contributed by atoms with Gasteiger partial charge < -0.3 is 15.2 Å². The molecule has 0 aromatic heterocycles. The average molecular weight is 203 g/mol. The molecule has 0 aromatic rings. The number of hydrogen-bond acceptors (Lipinski definition) is 3. The lowest BCUT2D eigenvalue weighted by Gasteiger charge is -2.20. The van der Waals surface area contributed by atoms with Crippen molar-refractivity contribution in [2.24, 2.45) is 5.41 Å². The summed E-state index contributed by atoms with van der Waals surface area (Å²) < 4.78 is 5.40. The smallest absolute Gasteiger partial charge is 0.0897 e. The van der Waals surface area contributed by atoms with E-state index < -0.39 is 6.10 Å². The summed E-state index contributed by atoms with van der Waals surface area (Å²) in [5, 5.41) is 12.7. The van der Waals surface area contributed by atoms with Crippen molar-refractivity contribution in [2.45, 2.75) is 46.8 Å². The van der Waals surface area contributed by atoms with Crippen molar-refractivity contribution in [1.82, 2.24) is 5.32 Å². The van der Waals surface area contributed by atoms with Gasteiger partial charge in [-0.15, -0.1) is 0 Å². The molecule has 0 aliphatic carbocycles. The highest BCUT2D eigenvalue weighted by Crippen LogP contribution is 2.12. The van der Waals surface area contributed by atoms with E-state index in [4.69, 9.17) is 4.74 Å². The summed E-state index contributed by atoms with van der Waals surface area (Å²) in [6.07, 6.45) is -0.403. The molecule has 0 fully saturated rings. The predicted octanol–water partition coefficient (Wildman–Crippen LogP) is 1.41. The van der Waals surface area contributed by atoms with Crippen LogP contribution in [0, 0.1) is 5.41 Å². The van der Waals surface area contributed by atoms with E-state index in [1.807, 2.05) is 0 Å². The van der Waals surface area contributed by atoms with Gasteiger partial charge in [0.15, 0.2) is 0 Å². The third-order valence-corrected chi connectivity index (χ3v) is 1.61. The number of ether oxygens (including phenoxy) is 1. The second kappa shape index (κ2) is 6.38. The summed E-state index contributed by atoms with van der Waals surface area (Å²) in [5.74, 6) is 0. The van der Waals surface area contributed by atoms with Crippen LogP contribution in [0.4, 0.5) is 0 Å². The summed E-state index contributed by atoms with van der Waals surface area (Å²) in [4.78, 5) is 0. The van der Waals surface area contributed by atoms with Crippen LogP contribution in [0.3, 0.4) is 0 Å². The number of nitrogens with one attached hydrogen (secondary N) is 1. The topological polar surface area (TPSA) is 41.5 Å². The van der Waals surface area contributed by atoms with Crippen molar-refractivity contribution in [1.29, 1.82) is 0 Å². The zero-order valence-electron chi connectivity index (χ0n) is 10.1. The Morgan fingerprint density at radius 3 is 2.29 bits per heavy atom. The molecule has 0 heterocycles. The molecular weight excluding hydrogens is 178 g/mol. The van der Waals surface area contributed by atoms with Crippen LogP contribution in [0.5, 0.6) is 0 Å². The van der Waals surface area contributed by atoms with Gasteiger partial charge >= 0.3 is 0 Å². The quantitative estimate of drug-likeness (QED) is 0.686. The van der Waals surface area contributed by atoms with E-state index in [0.29, 0.717) is 25.8 Å². The van der Waals surface area contributed by atoms with Gasteiger partial charge in [0.25, 0.3) is 0 Å². The third kappa shape index (κ3) is 9.96. The monoisotopic (exact) mass is 203 g/mol. The Bertz CT molecular complexity index is 141. The van der Waals surface area contributed by atoms with Crippen molar-refractivity contribution in [3.05, 3.63) is 0 Å². The first kappa shape index (κ1) is 13.9. The van der Waals surface area contributed by atoms with Gasteiger partial charge in [0, 0.05) is 12.6 Å². The summed E-state index contributed by atoms with van der Waals surface area (Å²) in [6.45, 7) is 12.2. The lowest BCUT2D eigenvalue weighted by molar-refractivity contribution is 0.00667. The number of aliphatic hydroxyl groups excluding tert-OH is 1. The molecule has 86 valence electrons. The molecule has 0 amide bonds. The maximum atomic E-state index is 9.51. The molecule has 0 saturated carbocycles. The molecule has 0 aromatic carbocycles. The summed E-state index contributed by atoms with van der Waals surface area (Å²) in [6, 6.07) is 0.410. The number of hydrogen-bond donors (Lipinski definition) is 2. The molecule has 2 N–H and O–H groups in total. The predicted molar refractivity (Wildman–Crippen MR) is 59.4 cm³/mol. The zero-order chi connectivity index (χ0) is 11.2. The fraction of sp³-hybridized carbons (Fsp3) is 1.00. The largest absolute Gasteiger partial charge is 0.389 e. The SMILES string of the molecule is CC(C)NCC(O)COCC(C)(C)C. The van der Waals surface area contributed by atoms with Gasteiger partial charge in [-0.3, -0.25) is 0 Å². The lowest BCUT2D eigenvalue weighted by atomic mass is 9.99. The summed E-state index contributed by atoms with van der Waals surface area (Å²) >= 11 is 0. The standard InChI is InChI=1S/C11H25NO2/c1-9(2)12-6-10(13)7-14-8-11(3,4)5/h9-10,12-13H,6-8H2,1-5H3. The second-order valence-corrected chi connectivity index (χ2v) is 5.29. The molecular formula is C11H25NO2. The first-order valence-electron chi connectivity index (χ1n) is 5.30. The van der Waals surface area contributed by atoms with E-state index >= 15 is 0 Å². The van der Waals surface area contributed by atoms with E-state index in [0.717, 1.165) is 0 Å². The zero-order valence-corrected chi connectivity index (χ0v) is 10.1. The maximum absolute atomic E-state index is 9.51. The van der Waals surface area contributed by atoms with Crippen LogP contribution in [-0.2, 0) is 4.74 Å². The minimum atomic E-state index is -0.403. The fourth-order valence-corrected chi connectivity index (χ4v) is 0.932. The van der Waals surface area contributed by atoms with Gasteiger partial charge in [0.05, 0.1) is 19.3 Å². The van der Waals surface area contributed by atoms with E-state index in [1.54, 1.807) is 0 Å². The molecule has 1 atom stereocenters. The fourth-order valence-electron chi connectivity index (χ4n) is 0.932. The number of rotatable bonds is 6. The Kier molecular flexibility index (Phi) is 6.33. The van der Waals surface area contributed by atoms with E-state index in [-0.39, 0.29) is 5.41 Å². The number of aliphatic hydroxyl groups is 1. The van der Waals surface area contributed by atoms with Crippen LogP contribution in [0.1, 0.15) is 34.6 Å². The first-order chi connectivity index (χ1) is 6.31. The van der Waals surface area contributed by atoms with E-state index in [9.17, 15) is 5.11 Å². The van der Waals surface area contributed by atoms with Crippen molar-refractivity contribution in [2.75, 3.05) is 19.8 Å². The van der Waals surface area contributed by atoms with Crippen LogP contribution in [0.2, 0.25) is 0 Å². The van der Waals surface area contributed by atoms with Gasteiger partial charge in [-0.1, -0.05) is 34.6 Å². The molecule has 0 saturated heterocycles. The van der Waals surface area contributed by atoms with Crippen LogP contribution < -0.4 is 5.32 Å². The Morgan fingerprint density at radius 1 is 1.29 bits per heavy atom. The molecule has 14 heavy (non-hydrogen) atoms. The highest BCUT2D eigenvalue weighted by Gasteiger charge is 2.11. The van der Waals surface area contributed by atoms with Crippen LogP contribution in [0.15, 0.2) is 0 Å². The Hall–Kier alpha value is -0.120. The van der Waals surface area contributed by atoms with Crippen LogP contribution >= 0.6 is 0 Å². The Morgan fingerprint density at radius 2 is 1.86 bits per heavy atom. The normalized spacial score (nSPS) is 14.8. The molecule has 3 heteroatoms. The molecule has 0 rings (SSSR count). The molecule has 1 unspecified atom stereocenters. The third-order valence-electron chi connectivity index (χ3n) is 1.61. The van der Waals surface area contributed by atoms with Crippen LogP contribution in [-0.4, -0.2) is 37.0 Å². The van der Waals surface area contributed by atoms with Gasteiger partial charge in [0.1, 0.15) is 0 Å². The van der Waals surface area contributed by atoms with Gasteiger partial charge in [-0.2, -0.15) is 0 Å². The van der Waals surface area contributed by atoms with Gasteiger partial charge in [0.2, 0.25) is 0 Å². The van der Waals surface area contributed by atoms with Gasteiger partial charge in [-0.05, 0) is 5.41 Å². The summed E-state index contributed by atoms with van der Waals surface area (Å²) in [7, 11) is 0. The molecule has 0 aliphatic heterocycles. The maximum Gasteiger partial charge on any atom is 0.0897 e.